The van der Waals surface area contributed by atoms with Crippen LogP contribution in [0.1, 0.15) is 28.8 Å². The molecular formula is C21H25ClN3O3+. The Morgan fingerprint density at radius 1 is 1.11 bits per heavy atom. The quantitative estimate of drug-likeness (QED) is 0.695. The molecule has 1 fully saturated rings. The first kappa shape index (κ1) is 20.2. The fourth-order valence-corrected chi connectivity index (χ4v) is 3.54. The highest BCUT2D eigenvalue weighted by Gasteiger charge is 2.21. The Hall–Kier alpha value is -2.57. The number of halogens is 1. The van der Waals surface area contributed by atoms with E-state index in [1.54, 1.807) is 36.4 Å². The number of nitrogens with one attached hydrogen (secondary N) is 3. The van der Waals surface area contributed by atoms with Crippen LogP contribution >= 0.6 is 11.6 Å². The molecule has 2 aromatic carbocycles. The summed E-state index contributed by atoms with van der Waals surface area (Å²) in [6.07, 6.45) is 2.31. The van der Waals surface area contributed by atoms with E-state index < -0.39 is 0 Å². The minimum atomic E-state index is -0.329. The summed E-state index contributed by atoms with van der Waals surface area (Å²) < 4.78 is 5.32. The van der Waals surface area contributed by atoms with Gasteiger partial charge in [0.1, 0.15) is 5.75 Å². The van der Waals surface area contributed by atoms with Gasteiger partial charge in [-0.25, -0.2) is 0 Å². The van der Waals surface area contributed by atoms with Crippen LogP contribution < -0.4 is 20.3 Å². The van der Waals surface area contributed by atoms with E-state index in [1.165, 1.54) is 12.0 Å². The number of ether oxygens (including phenoxy) is 1. The lowest BCUT2D eigenvalue weighted by Gasteiger charge is -2.15. The zero-order valence-corrected chi connectivity index (χ0v) is 16.9. The molecule has 1 heterocycles. The van der Waals surface area contributed by atoms with Gasteiger partial charge in [-0.05, 0) is 30.7 Å². The Morgan fingerprint density at radius 3 is 2.54 bits per heavy atom. The van der Waals surface area contributed by atoms with Crippen LogP contribution in [0.2, 0.25) is 5.02 Å². The van der Waals surface area contributed by atoms with Crippen molar-refractivity contribution < 1.29 is 19.2 Å². The number of likely N-dealkylation sites (tertiary alicyclic amines) is 1. The number of aryl methyl sites for hydroxylation is 1. The highest BCUT2D eigenvalue weighted by molar-refractivity contribution is 6.31. The molecule has 2 amide bonds. The number of methoxy groups -OCH3 is 1. The molecule has 7 heteroatoms. The molecular weight excluding hydrogens is 378 g/mol. The monoisotopic (exact) mass is 402 g/mol. The van der Waals surface area contributed by atoms with Crippen molar-refractivity contribution in [3.05, 3.63) is 52.5 Å². The molecule has 28 heavy (non-hydrogen) atoms. The summed E-state index contributed by atoms with van der Waals surface area (Å²) in [6, 6.07) is 10.4. The molecule has 0 unspecified atom stereocenters. The average molecular weight is 403 g/mol. The van der Waals surface area contributed by atoms with E-state index in [4.69, 9.17) is 16.3 Å². The van der Waals surface area contributed by atoms with Crippen molar-refractivity contribution in [1.82, 2.24) is 0 Å². The molecule has 0 atom stereocenters. The van der Waals surface area contributed by atoms with Crippen molar-refractivity contribution in [1.29, 1.82) is 0 Å². The minimum Gasteiger partial charge on any atom is -0.495 e. The van der Waals surface area contributed by atoms with Crippen LogP contribution in [0, 0.1) is 6.92 Å². The second kappa shape index (κ2) is 9.08. The fourth-order valence-electron chi connectivity index (χ4n) is 3.38. The van der Waals surface area contributed by atoms with E-state index >= 15 is 0 Å². The van der Waals surface area contributed by atoms with Crippen molar-refractivity contribution >= 4 is 34.8 Å². The number of hydrogen-bond acceptors (Lipinski definition) is 3. The van der Waals surface area contributed by atoms with Gasteiger partial charge in [0.05, 0.1) is 37.1 Å². The van der Waals surface area contributed by atoms with Crippen LogP contribution in [0.25, 0.3) is 0 Å². The normalized spacial score (nSPS) is 14.0. The lowest BCUT2D eigenvalue weighted by Crippen LogP contribution is -3.11. The molecule has 0 bridgehead atoms. The zero-order chi connectivity index (χ0) is 20.1. The third-order valence-electron chi connectivity index (χ3n) is 4.90. The summed E-state index contributed by atoms with van der Waals surface area (Å²) in [5.74, 6) is 0.0598. The predicted molar refractivity (Wildman–Crippen MR) is 111 cm³/mol. The van der Waals surface area contributed by atoms with Gasteiger partial charge in [0.2, 0.25) is 0 Å². The number of quaternary nitrogens is 1. The van der Waals surface area contributed by atoms with E-state index in [9.17, 15) is 9.59 Å². The predicted octanol–water partition coefficient (Wildman–Crippen LogP) is 2.53. The summed E-state index contributed by atoms with van der Waals surface area (Å²) in [6.45, 7) is 4.31. The summed E-state index contributed by atoms with van der Waals surface area (Å²) >= 11 is 6.13. The molecule has 3 rings (SSSR count). The van der Waals surface area contributed by atoms with Gasteiger partial charge in [-0.15, -0.1) is 0 Å². The Balaban J connectivity index is 1.75. The average Bonchev–Trinajstić information content (AvgIpc) is 3.17. The molecule has 1 aliphatic rings. The first-order valence-corrected chi connectivity index (χ1v) is 9.73. The van der Waals surface area contributed by atoms with Gasteiger partial charge in [0.25, 0.3) is 11.8 Å². The number of anilines is 2. The number of para-hydroxylation sites is 1. The summed E-state index contributed by atoms with van der Waals surface area (Å²) in [7, 11) is 1.52. The number of amides is 2. The Morgan fingerprint density at radius 2 is 1.82 bits per heavy atom. The van der Waals surface area contributed by atoms with E-state index in [0.717, 1.165) is 31.5 Å². The zero-order valence-electron chi connectivity index (χ0n) is 16.1. The second-order valence-electron chi connectivity index (χ2n) is 6.98. The van der Waals surface area contributed by atoms with Gasteiger partial charge in [-0.2, -0.15) is 0 Å². The smallest absolute Gasteiger partial charge is 0.279 e. The first-order chi connectivity index (χ1) is 13.5. The molecule has 6 nitrogen and oxygen atoms in total. The maximum atomic E-state index is 12.9. The molecule has 2 aromatic rings. The Bertz CT molecular complexity index is 879. The van der Waals surface area contributed by atoms with E-state index in [1.807, 2.05) is 6.92 Å². The molecule has 1 saturated heterocycles. The molecule has 3 N–H and O–H groups in total. The molecule has 1 aliphatic heterocycles. The van der Waals surface area contributed by atoms with Gasteiger partial charge < -0.3 is 20.3 Å². The van der Waals surface area contributed by atoms with Crippen molar-refractivity contribution in [2.45, 2.75) is 19.8 Å². The summed E-state index contributed by atoms with van der Waals surface area (Å²) in [5, 5.41) is 6.30. The molecule has 0 radical (unpaired) electrons. The van der Waals surface area contributed by atoms with E-state index in [2.05, 4.69) is 10.6 Å². The number of hydrogen-bond donors (Lipinski definition) is 3. The van der Waals surface area contributed by atoms with Gasteiger partial charge in [-0.1, -0.05) is 23.7 Å². The van der Waals surface area contributed by atoms with Crippen molar-refractivity contribution in [2.75, 3.05) is 37.4 Å². The van der Waals surface area contributed by atoms with Crippen molar-refractivity contribution in [2.24, 2.45) is 0 Å². The summed E-state index contributed by atoms with van der Waals surface area (Å²) in [4.78, 5) is 26.5. The highest BCUT2D eigenvalue weighted by Crippen LogP contribution is 2.31. The van der Waals surface area contributed by atoms with Gasteiger partial charge in [-0.3, -0.25) is 9.59 Å². The van der Waals surface area contributed by atoms with Crippen LogP contribution in [0.15, 0.2) is 36.4 Å². The first-order valence-electron chi connectivity index (χ1n) is 9.36. The molecule has 148 valence electrons. The van der Waals surface area contributed by atoms with Crippen LogP contribution in [0.4, 0.5) is 11.4 Å². The lowest BCUT2D eigenvalue weighted by molar-refractivity contribution is -0.878. The number of carbonyl (C=O) groups excluding carboxylic acids is 2. The minimum absolute atomic E-state index is 0.0860. The van der Waals surface area contributed by atoms with Gasteiger partial charge in [0.15, 0.2) is 6.54 Å². The fraction of sp³-hybridized carbons (Fsp3) is 0.333. The van der Waals surface area contributed by atoms with E-state index in [-0.39, 0.29) is 11.8 Å². The van der Waals surface area contributed by atoms with Crippen LogP contribution in [0.3, 0.4) is 0 Å². The van der Waals surface area contributed by atoms with Crippen LogP contribution in [0.5, 0.6) is 5.75 Å². The second-order valence-corrected chi connectivity index (χ2v) is 7.39. The number of benzene rings is 2. The standard InChI is InChI=1S/C21H24ClN3O3/c1-14-11-18(19(28-2)12-16(14)22)24-21(27)15-7-3-4-8-17(15)23-20(26)13-25-9-5-6-10-25/h3-4,7-8,11-12H,5-6,9-10,13H2,1-2H3,(H,23,26)(H,24,27)/p+1. The lowest BCUT2D eigenvalue weighted by atomic mass is 10.1. The maximum Gasteiger partial charge on any atom is 0.279 e. The molecule has 0 aliphatic carbocycles. The highest BCUT2D eigenvalue weighted by atomic mass is 35.5. The van der Waals surface area contributed by atoms with Crippen molar-refractivity contribution in [3.63, 3.8) is 0 Å². The summed E-state index contributed by atoms with van der Waals surface area (Å²) in [5.41, 5.74) is 2.24. The van der Waals surface area contributed by atoms with Gasteiger partial charge in [0, 0.05) is 23.9 Å². The van der Waals surface area contributed by atoms with Crippen LogP contribution in [-0.2, 0) is 4.79 Å². The third kappa shape index (κ3) is 4.82. The Labute approximate surface area is 169 Å². The van der Waals surface area contributed by atoms with Crippen LogP contribution in [-0.4, -0.2) is 38.6 Å². The maximum absolute atomic E-state index is 12.9. The molecule has 0 saturated carbocycles. The van der Waals surface area contributed by atoms with Crippen molar-refractivity contribution in [3.8, 4) is 5.75 Å². The topological polar surface area (TPSA) is 71.9 Å². The van der Waals surface area contributed by atoms with E-state index in [0.29, 0.717) is 34.3 Å². The SMILES string of the molecule is COc1cc(Cl)c(C)cc1NC(=O)c1ccccc1NC(=O)C[NH+]1CCCC1. The third-order valence-corrected chi connectivity index (χ3v) is 5.30. The Kier molecular flexibility index (Phi) is 6.54. The molecule has 0 aromatic heterocycles. The number of rotatable bonds is 6. The van der Waals surface area contributed by atoms with Gasteiger partial charge >= 0.3 is 0 Å². The number of carbonyl (C=O) groups is 2. The molecule has 0 spiro atoms. The largest absolute Gasteiger partial charge is 0.495 e.